The van der Waals surface area contributed by atoms with Crippen LogP contribution in [0.25, 0.3) is 0 Å². The van der Waals surface area contributed by atoms with Gasteiger partial charge in [-0.3, -0.25) is 14.5 Å². The first kappa shape index (κ1) is 18.0. The van der Waals surface area contributed by atoms with E-state index in [1.807, 2.05) is 42.5 Å². The fourth-order valence-electron chi connectivity index (χ4n) is 2.96. The molecule has 0 aliphatic carbocycles. The lowest BCUT2D eigenvalue weighted by Gasteiger charge is -2.24. The van der Waals surface area contributed by atoms with Crippen LogP contribution in [0.5, 0.6) is 11.5 Å². The van der Waals surface area contributed by atoms with Crippen molar-refractivity contribution >= 4 is 46.6 Å². The van der Waals surface area contributed by atoms with E-state index in [1.165, 1.54) is 0 Å². The van der Waals surface area contributed by atoms with Gasteiger partial charge >= 0.3 is 0 Å². The maximum Gasteiger partial charge on any atom is 0.242 e. The molecule has 4 rings (SSSR count). The van der Waals surface area contributed by atoms with Crippen LogP contribution in [0.1, 0.15) is 17.9 Å². The van der Waals surface area contributed by atoms with Crippen LogP contribution in [0.4, 0.5) is 11.4 Å². The van der Waals surface area contributed by atoms with E-state index in [9.17, 15) is 9.59 Å². The van der Waals surface area contributed by atoms with Crippen molar-refractivity contribution in [2.24, 2.45) is 0 Å². The smallest absolute Gasteiger partial charge is 0.242 e. The normalized spacial score (nSPS) is 19.3. The molecule has 2 aliphatic heterocycles. The van der Waals surface area contributed by atoms with Gasteiger partial charge < -0.3 is 14.8 Å². The summed E-state index contributed by atoms with van der Waals surface area (Å²) in [4.78, 5) is 26.0. The van der Waals surface area contributed by atoms with Crippen molar-refractivity contribution in [3.05, 3.63) is 48.0 Å². The Morgan fingerprint density at radius 1 is 1.22 bits per heavy atom. The van der Waals surface area contributed by atoms with Gasteiger partial charge in [-0.15, -0.1) is 23.4 Å². The zero-order valence-corrected chi connectivity index (χ0v) is 16.0. The van der Waals surface area contributed by atoms with Crippen LogP contribution in [0, 0.1) is 0 Å². The molecule has 0 aromatic heterocycles. The molecule has 0 radical (unpaired) electrons. The average Bonchev–Trinajstić information content (AvgIpc) is 3.28. The number of benzene rings is 2. The number of hydrogen-bond acceptors (Lipinski definition) is 5. The van der Waals surface area contributed by atoms with Crippen LogP contribution in [0.15, 0.2) is 42.5 Å². The Morgan fingerprint density at radius 3 is 2.70 bits per heavy atom. The third kappa shape index (κ3) is 3.57. The second-order valence-electron chi connectivity index (χ2n) is 6.19. The minimum Gasteiger partial charge on any atom is -0.454 e. The molecular weight excluding hydrogens is 388 g/mol. The second-order valence-corrected chi connectivity index (χ2v) is 7.92. The average molecular weight is 405 g/mol. The van der Waals surface area contributed by atoms with E-state index in [4.69, 9.17) is 21.1 Å². The van der Waals surface area contributed by atoms with Crippen LogP contribution in [-0.4, -0.2) is 29.7 Å². The van der Waals surface area contributed by atoms with Gasteiger partial charge in [0.15, 0.2) is 11.5 Å². The minimum atomic E-state index is -0.603. The highest BCUT2D eigenvalue weighted by Gasteiger charge is 2.34. The molecule has 2 atom stereocenters. The highest BCUT2D eigenvalue weighted by molar-refractivity contribution is 8.00. The van der Waals surface area contributed by atoms with Gasteiger partial charge in [-0.1, -0.05) is 12.1 Å². The Labute approximate surface area is 165 Å². The van der Waals surface area contributed by atoms with Gasteiger partial charge in [0.25, 0.3) is 0 Å². The highest BCUT2D eigenvalue weighted by atomic mass is 35.5. The summed E-state index contributed by atoms with van der Waals surface area (Å²) in [5.74, 6) is 1.52. The molecule has 2 heterocycles. The van der Waals surface area contributed by atoms with E-state index >= 15 is 0 Å². The Hall–Kier alpha value is -2.38. The molecule has 6 nitrogen and oxygen atoms in total. The number of carbonyl (C=O) groups excluding carboxylic acids is 2. The lowest BCUT2D eigenvalue weighted by atomic mass is 10.1. The number of nitrogens with one attached hydrogen (secondary N) is 1. The fourth-order valence-corrected chi connectivity index (χ4v) is 4.19. The van der Waals surface area contributed by atoms with Gasteiger partial charge in [-0.2, -0.15) is 0 Å². The zero-order chi connectivity index (χ0) is 19.0. The third-order valence-electron chi connectivity index (χ3n) is 4.33. The van der Waals surface area contributed by atoms with Crippen LogP contribution in [0.3, 0.4) is 0 Å². The van der Waals surface area contributed by atoms with Crippen molar-refractivity contribution in [1.82, 2.24) is 0 Å². The maximum atomic E-state index is 12.5. The van der Waals surface area contributed by atoms with E-state index in [1.54, 1.807) is 23.6 Å². The highest BCUT2D eigenvalue weighted by Crippen LogP contribution is 2.44. The van der Waals surface area contributed by atoms with E-state index in [2.05, 4.69) is 5.32 Å². The molecule has 0 saturated carbocycles. The summed E-state index contributed by atoms with van der Waals surface area (Å²) < 4.78 is 10.8. The maximum absolute atomic E-state index is 12.5. The van der Waals surface area contributed by atoms with Crippen molar-refractivity contribution in [3.8, 4) is 11.5 Å². The number of halogens is 1. The van der Waals surface area contributed by atoms with Gasteiger partial charge in [0.1, 0.15) is 10.8 Å². The summed E-state index contributed by atoms with van der Waals surface area (Å²) in [5.41, 5.74) is 2.41. The molecule has 2 aromatic carbocycles. The first-order chi connectivity index (χ1) is 13.0. The summed E-state index contributed by atoms with van der Waals surface area (Å²) in [5, 5.41) is 2.00. The number of fused-ring (bicyclic) bond motifs is 1. The number of anilines is 2. The van der Waals surface area contributed by atoms with Crippen molar-refractivity contribution in [3.63, 3.8) is 0 Å². The van der Waals surface area contributed by atoms with E-state index in [-0.39, 0.29) is 24.0 Å². The molecule has 1 fully saturated rings. The van der Waals surface area contributed by atoms with Crippen LogP contribution < -0.4 is 19.7 Å². The number of amides is 2. The fraction of sp³-hybridized carbons (Fsp3) is 0.263. The number of thioether (sulfide) groups is 1. The Bertz CT molecular complexity index is 888. The number of alkyl halides is 1. The summed E-state index contributed by atoms with van der Waals surface area (Å²) in [6, 6.07) is 12.9. The molecule has 2 aromatic rings. The van der Waals surface area contributed by atoms with Crippen LogP contribution in [0.2, 0.25) is 0 Å². The van der Waals surface area contributed by atoms with E-state index < -0.39 is 5.38 Å². The van der Waals surface area contributed by atoms with Crippen molar-refractivity contribution in [2.45, 2.75) is 17.7 Å². The topological polar surface area (TPSA) is 67.9 Å². The molecule has 1 N–H and O–H groups in total. The lowest BCUT2D eigenvalue weighted by molar-refractivity contribution is -0.116. The lowest BCUT2D eigenvalue weighted by Crippen LogP contribution is -2.27. The zero-order valence-electron chi connectivity index (χ0n) is 14.5. The van der Waals surface area contributed by atoms with Crippen molar-refractivity contribution in [1.29, 1.82) is 0 Å². The summed E-state index contributed by atoms with van der Waals surface area (Å²) in [7, 11) is 0. The molecule has 2 aliphatic rings. The summed E-state index contributed by atoms with van der Waals surface area (Å²) in [6.45, 7) is 1.81. The SMILES string of the molecule is CC(Cl)C(=O)Nc1ccc(C2SCC(=O)N2c2ccc3c(c2)OCO3)cc1. The third-order valence-corrected chi connectivity index (χ3v) is 5.74. The van der Waals surface area contributed by atoms with E-state index in [0.29, 0.717) is 22.9 Å². The Balaban J connectivity index is 1.57. The molecule has 0 bridgehead atoms. The Morgan fingerprint density at radius 2 is 1.96 bits per heavy atom. The quantitative estimate of drug-likeness (QED) is 0.786. The summed E-state index contributed by atoms with van der Waals surface area (Å²) >= 11 is 7.34. The van der Waals surface area contributed by atoms with Gasteiger partial charge in [0.05, 0.1) is 5.75 Å². The van der Waals surface area contributed by atoms with Gasteiger partial charge in [-0.25, -0.2) is 0 Å². The largest absolute Gasteiger partial charge is 0.454 e. The molecule has 0 spiro atoms. The van der Waals surface area contributed by atoms with Gasteiger partial charge in [0.2, 0.25) is 18.6 Å². The number of carbonyl (C=O) groups is 2. The molecule has 140 valence electrons. The molecule has 2 unspecified atom stereocenters. The van der Waals surface area contributed by atoms with Crippen LogP contribution >= 0.6 is 23.4 Å². The minimum absolute atomic E-state index is 0.0391. The number of nitrogens with zero attached hydrogens (tertiary/aromatic N) is 1. The molecule has 2 amide bonds. The molecular formula is C19H17ClN2O4S. The Kier molecular flexibility index (Phi) is 4.88. The molecule has 27 heavy (non-hydrogen) atoms. The van der Waals surface area contributed by atoms with Crippen molar-refractivity contribution < 1.29 is 19.1 Å². The summed E-state index contributed by atoms with van der Waals surface area (Å²) in [6.07, 6.45) is 0. The predicted octanol–water partition coefficient (Wildman–Crippen LogP) is 3.76. The monoisotopic (exact) mass is 404 g/mol. The van der Waals surface area contributed by atoms with E-state index in [0.717, 1.165) is 11.3 Å². The van der Waals surface area contributed by atoms with Crippen LogP contribution in [-0.2, 0) is 9.59 Å². The molecule has 8 heteroatoms. The second kappa shape index (κ2) is 7.32. The number of ether oxygens (including phenoxy) is 2. The van der Waals surface area contributed by atoms with Gasteiger partial charge in [-0.05, 0) is 36.8 Å². The van der Waals surface area contributed by atoms with Gasteiger partial charge in [0, 0.05) is 17.4 Å². The van der Waals surface area contributed by atoms with Crippen molar-refractivity contribution in [2.75, 3.05) is 22.8 Å². The molecule has 1 saturated heterocycles. The standard InChI is InChI=1S/C19H17ClN2O4S/c1-11(20)18(24)21-13-4-2-12(3-5-13)19-22(17(23)9-27-19)14-6-7-15-16(8-14)26-10-25-15/h2-8,11,19H,9-10H2,1H3,(H,21,24). The number of rotatable bonds is 4. The number of hydrogen-bond donors (Lipinski definition) is 1. The first-order valence-corrected chi connectivity index (χ1v) is 9.89. The predicted molar refractivity (Wildman–Crippen MR) is 106 cm³/mol. The first-order valence-electron chi connectivity index (χ1n) is 8.41.